The van der Waals surface area contributed by atoms with Gasteiger partial charge < -0.3 is 9.97 Å². The third-order valence-corrected chi connectivity index (χ3v) is 4.09. The second-order valence-electron chi connectivity index (χ2n) is 4.35. The van der Waals surface area contributed by atoms with Gasteiger partial charge in [0.1, 0.15) is 0 Å². The largest absolute Gasteiger partial charge is 0.364 e. The number of halogens is 2. The van der Waals surface area contributed by atoms with Crippen LogP contribution in [0.5, 0.6) is 0 Å². The number of nitrogens with one attached hydrogen (secondary N) is 2. The summed E-state index contributed by atoms with van der Waals surface area (Å²) in [6.45, 7) is 0. The van der Waals surface area contributed by atoms with Gasteiger partial charge in [-0.05, 0) is 48.0 Å². The molecule has 1 aromatic carbocycles. The van der Waals surface area contributed by atoms with E-state index in [4.69, 9.17) is 11.6 Å². The van der Waals surface area contributed by atoms with Crippen molar-refractivity contribution in [3.63, 3.8) is 0 Å². The van der Waals surface area contributed by atoms with Gasteiger partial charge in [-0.25, -0.2) is 0 Å². The van der Waals surface area contributed by atoms with Crippen molar-refractivity contribution in [1.29, 1.82) is 0 Å². The number of hydrogen-bond acceptors (Lipinski definition) is 0. The van der Waals surface area contributed by atoms with E-state index in [9.17, 15) is 0 Å². The van der Waals surface area contributed by atoms with E-state index in [-0.39, 0.29) is 5.92 Å². The van der Waals surface area contributed by atoms with Gasteiger partial charge in [0.2, 0.25) is 0 Å². The van der Waals surface area contributed by atoms with Crippen LogP contribution in [0.3, 0.4) is 0 Å². The van der Waals surface area contributed by atoms with Crippen molar-refractivity contribution >= 4 is 27.5 Å². The van der Waals surface area contributed by atoms with Crippen LogP contribution in [0.4, 0.5) is 0 Å². The van der Waals surface area contributed by atoms with Gasteiger partial charge in [-0.3, -0.25) is 0 Å². The third-order valence-electron chi connectivity index (χ3n) is 3.14. The molecule has 0 bridgehead atoms. The molecule has 3 aromatic rings. The predicted molar refractivity (Wildman–Crippen MR) is 81.7 cm³/mol. The fourth-order valence-electron chi connectivity index (χ4n) is 2.29. The van der Waals surface area contributed by atoms with E-state index in [0.717, 1.165) is 26.4 Å². The summed E-state index contributed by atoms with van der Waals surface area (Å²) in [6, 6.07) is 14.0. The molecule has 96 valence electrons. The highest BCUT2D eigenvalue weighted by Crippen LogP contribution is 2.35. The molecule has 0 unspecified atom stereocenters. The normalized spacial score (nSPS) is 11.1. The Morgan fingerprint density at radius 1 is 0.947 bits per heavy atom. The van der Waals surface area contributed by atoms with Gasteiger partial charge in [0.15, 0.2) is 0 Å². The molecule has 0 aliphatic rings. The quantitative estimate of drug-likeness (QED) is 0.679. The van der Waals surface area contributed by atoms with Crippen LogP contribution in [0.15, 0.2) is 59.3 Å². The smallest absolute Gasteiger partial charge is 0.0652 e. The minimum absolute atomic E-state index is 0.109. The molecule has 0 aliphatic carbocycles. The molecule has 0 fully saturated rings. The fraction of sp³-hybridized carbons (Fsp3) is 0.0667. The van der Waals surface area contributed by atoms with Crippen molar-refractivity contribution in [2.75, 3.05) is 0 Å². The van der Waals surface area contributed by atoms with E-state index in [2.05, 4.69) is 38.0 Å². The SMILES string of the molecule is Clc1ccc(Br)c(C(c2ccc[nH]2)c2ccc[nH]2)c1. The van der Waals surface area contributed by atoms with Crippen molar-refractivity contribution < 1.29 is 0 Å². The molecule has 0 saturated heterocycles. The summed E-state index contributed by atoms with van der Waals surface area (Å²) >= 11 is 9.76. The summed E-state index contributed by atoms with van der Waals surface area (Å²) in [5, 5.41) is 0.737. The Kier molecular flexibility index (Phi) is 3.49. The first-order chi connectivity index (χ1) is 9.25. The molecule has 0 spiro atoms. The number of rotatable bonds is 3. The van der Waals surface area contributed by atoms with Gasteiger partial charge in [-0.15, -0.1) is 0 Å². The van der Waals surface area contributed by atoms with Crippen molar-refractivity contribution in [3.05, 3.63) is 81.3 Å². The first-order valence-electron chi connectivity index (χ1n) is 5.97. The summed E-state index contributed by atoms with van der Waals surface area (Å²) in [6.07, 6.45) is 3.87. The number of hydrogen-bond donors (Lipinski definition) is 2. The second kappa shape index (κ2) is 5.27. The molecular weight excluding hydrogens is 324 g/mol. The Balaban J connectivity index is 2.17. The molecule has 2 heterocycles. The number of H-pyrrole nitrogens is 2. The van der Waals surface area contributed by atoms with Crippen molar-refractivity contribution in [1.82, 2.24) is 9.97 Å². The lowest BCUT2D eigenvalue weighted by Crippen LogP contribution is -2.05. The highest BCUT2D eigenvalue weighted by atomic mass is 79.9. The maximum Gasteiger partial charge on any atom is 0.0652 e. The van der Waals surface area contributed by atoms with E-state index >= 15 is 0 Å². The Morgan fingerprint density at radius 3 is 2.11 bits per heavy atom. The first kappa shape index (κ1) is 12.6. The van der Waals surface area contributed by atoms with Crippen LogP contribution in [0.2, 0.25) is 5.02 Å². The van der Waals surface area contributed by atoms with Gasteiger partial charge in [0, 0.05) is 33.3 Å². The second-order valence-corrected chi connectivity index (χ2v) is 5.64. The molecule has 2 N–H and O–H groups in total. The van der Waals surface area contributed by atoms with Crippen LogP contribution in [-0.4, -0.2) is 9.97 Å². The van der Waals surface area contributed by atoms with Crippen LogP contribution in [-0.2, 0) is 0 Å². The summed E-state index contributed by atoms with van der Waals surface area (Å²) in [5.74, 6) is 0.109. The minimum atomic E-state index is 0.109. The lowest BCUT2D eigenvalue weighted by Gasteiger charge is -2.17. The Hall–Kier alpha value is -1.45. The lowest BCUT2D eigenvalue weighted by atomic mass is 9.93. The van der Waals surface area contributed by atoms with Gasteiger partial charge in [0.25, 0.3) is 0 Å². The highest BCUT2D eigenvalue weighted by molar-refractivity contribution is 9.10. The van der Waals surface area contributed by atoms with Crippen molar-refractivity contribution in [3.8, 4) is 0 Å². The molecule has 2 nitrogen and oxygen atoms in total. The van der Waals surface area contributed by atoms with E-state index in [1.807, 2.05) is 42.7 Å². The van der Waals surface area contributed by atoms with Gasteiger partial charge >= 0.3 is 0 Å². The summed E-state index contributed by atoms with van der Waals surface area (Å²) < 4.78 is 1.05. The monoisotopic (exact) mass is 334 g/mol. The number of benzene rings is 1. The maximum absolute atomic E-state index is 6.14. The Bertz CT molecular complexity index is 625. The topological polar surface area (TPSA) is 31.6 Å². The average molecular weight is 336 g/mol. The first-order valence-corrected chi connectivity index (χ1v) is 7.14. The molecule has 0 atom stereocenters. The van der Waals surface area contributed by atoms with Gasteiger partial charge in [-0.1, -0.05) is 27.5 Å². The van der Waals surface area contributed by atoms with Crippen LogP contribution in [0.25, 0.3) is 0 Å². The van der Waals surface area contributed by atoms with Crippen LogP contribution < -0.4 is 0 Å². The van der Waals surface area contributed by atoms with Crippen molar-refractivity contribution in [2.45, 2.75) is 5.92 Å². The maximum atomic E-state index is 6.14. The molecule has 0 amide bonds. The lowest BCUT2D eigenvalue weighted by molar-refractivity contribution is 0.893. The zero-order valence-electron chi connectivity index (χ0n) is 10.0. The van der Waals surface area contributed by atoms with Crippen LogP contribution in [0, 0.1) is 0 Å². The number of aromatic amines is 2. The third kappa shape index (κ3) is 2.48. The summed E-state index contributed by atoms with van der Waals surface area (Å²) in [5.41, 5.74) is 3.40. The summed E-state index contributed by atoms with van der Waals surface area (Å²) in [4.78, 5) is 6.57. The number of aromatic nitrogens is 2. The molecule has 4 heteroatoms. The molecule has 19 heavy (non-hydrogen) atoms. The summed E-state index contributed by atoms with van der Waals surface area (Å²) in [7, 11) is 0. The average Bonchev–Trinajstić information content (AvgIpc) is 3.07. The minimum Gasteiger partial charge on any atom is -0.364 e. The van der Waals surface area contributed by atoms with E-state index in [1.165, 1.54) is 0 Å². The van der Waals surface area contributed by atoms with Crippen molar-refractivity contribution in [2.24, 2.45) is 0 Å². The van der Waals surface area contributed by atoms with E-state index in [1.54, 1.807) is 0 Å². The molecule has 0 radical (unpaired) electrons. The Labute approximate surface area is 124 Å². The highest BCUT2D eigenvalue weighted by Gasteiger charge is 2.20. The van der Waals surface area contributed by atoms with Crippen LogP contribution in [0.1, 0.15) is 22.9 Å². The molecule has 0 aliphatic heterocycles. The van der Waals surface area contributed by atoms with Crippen LogP contribution >= 0.6 is 27.5 Å². The van der Waals surface area contributed by atoms with E-state index < -0.39 is 0 Å². The van der Waals surface area contributed by atoms with Gasteiger partial charge in [0.05, 0.1) is 5.92 Å². The molecular formula is C15H12BrClN2. The zero-order chi connectivity index (χ0) is 13.2. The van der Waals surface area contributed by atoms with Gasteiger partial charge in [-0.2, -0.15) is 0 Å². The fourth-order valence-corrected chi connectivity index (χ4v) is 2.94. The predicted octanol–water partition coefficient (Wildman–Crippen LogP) is 4.94. The standard InChI is InChI=1S/C15H12BrClN2/c16-12-6-5-10(17)9-11(12)15(13-3-1-7-18-13)14-4-2-8-19-14/h1-9,15,18-19H. The molecule has 0 saturated carbocycles. The molecule has 2 aromatic heterocycles. The van der Waals surface area contributed by atoms with E-state index in [0.29, 0.717) is 0 Å². The zero-order valence-corrected chi connectivity index (χ0v) is 12.4. The molecule has 3 rings (SSSR count). The Morgan fingerprint density at radius 2 is 1.58 bits per heavy atom.